The Bertz CT molecular complexity index is 600. The Balaban J connectivity index is 1.93. The molecule has 4 nitrogen and oxygen atoms in total. The Morgan fingerprint density at radius 1 is 1.05 bits per heavy atom. The maximum Gasteiger partial charge on any atom is 0.412 e. The molecule has 1 unspecified atom stereocenters. The first-order valence-corrected chi connectivity index (χ1v) is 6.46. The highest BCUT2D eigenvalue weighted by Gasteiger charge is 2.47. The summed E-state index contributed by atoms with van der Waals surface area (Å²) < 4.78 is 5.04. The van der Waals surface area contributed by atoms with Crippen LogP contribution in [0.25, 0.3) is 0 Å². The topological polar surface area (TPSA) is 49.8 Å². The standard InChI is InChI=1S/C16H15NO3/c18-15-17(11-13-7-3-1-4-8-13)16(19,12-20-15)14-9-5-2-6-10-14/h1-10,19H,11-12H2. The summed E-state index contributed by atoms with van der Waals surface area (Å²) in [6.45, 7) is 0.258. The largest absolute Gasteiger partial charge is 0.444 e. The molecule has 2 aromatic rings. The van der Waals surface area contributed by atoms with Crippen LogP contribution in [0.3, 0.4) is 0 Å². The van der Waals surface area contributed by atoms with E-state index in [1.165, 1.54) is 4.90 Å². The summed E-state index contributed by atoms with van der Waals surface area (Å²) in [5, 5.41) is 10.8. The molecule has 0 spiro atoms. The number of carbonyl (C=O) groups excluding carboxylic acids is 1. The molecule has 0 aromatic heterocycles. The number of rotatable bonds is 3. The molecular formula is C16H15NO3. The summed E-state index contributed by atoms with van der Waals surface area (Å²) in [7, 11) is 0. The molecule has 1 fully saturated rings. The fourth-order valence-electron chi connectivity index (χ4n) is 2.37. The Morgan fingerprint density at radius 3 is 2.30 bits per heavy atom. The smallest absolute Gasteiger partial charge is 0.412 e. The van der Waals surface area contributed by atoms with Crippen molar-refractivity contribution in [1.82, 2.24) is 4.90 Å². The zero-order chi connectivity index (χ0) is 14.0. The van der Waals surface area contributed by atoms with Crippen molar-refractivity contribution in [3.05, 3.63) is 71.8 Å². The number of carbonyl (C=O) groups is 1. The van der Waals surface area contributed by atoms with Crippen LogP contribution in [0.15, 0.2) is 60.7 Å². The van der Waals surface area contributed by atoms with E-state index in [1.54, 1.807) is 12.1 Å². The van der Waals surface area contributed by atoms with Gasteiger partial charge >= 0.3 is 6.09 Å². The second kappa shape index (κ2) is 4.98. The van der Waals surface area contributed by atoms with Crippen molar-refractivity contribution in [3.8, 4) is 0 Å². The van der Waals surface area contributed by atoms with E-state index in [2.05, 4.69) is 0 Å². The third-order valence-electron chi connectivity index (χ3n) is 3.48. The van der Waals surface area contributed by atoms with Crippen LogP contribution in [0.2, 0.25) is 0 Å². The van der Waals surface area contributed by atoms with E-state index in [0.29, 0.717) is 12.1 Å². The van der Waals surface area contributed by atoms with E-state index in [0.717, 1.165) is 5.56 Å². The maximum absolute atomic E-state index is 11.9. The third-order valence-corrected chi connectivity index (χ3v) is 3.48. The Kier molecular flexibility index (Phi) is 3.16. The molecule has 1 heterocycles. The summed E-state index contributed by atoms with van der Waals surface area (Å²) >= 11 is 0. The third kappa shape index (κ3) is 2.14. The number of benzene rings is 2. The highest BCUT2D eigenvalue weighted by atomic mass is 16.6. The van der Waals surface area contributed by atoms with Crippen molar-refractivity contribution < 1.29 is 14.6 Å². The van der Waals surface area contributed by atoms with Crippen molar-refractivity contribution >= 4 is 6.09 Å². The molecule has 0 bridgehead atoms. The normalized spacial score (nSPS) is 21.9. The molecule has 4 heteroatoms. The maximum atomic E-state index is 11.9. The van der Waals surface area contributed by atoms with Crippen LogP contribution in [0, 0.1) is 0 Å². The van der Waals surface area contributed by atoms with E-state index in [4.69, 9.17) is 4.74 Å². The average molecular weight is 269 g/mol. The Hall–Kier alpha value is -2.33. The van der Waals surface area contributed by atoms with E-state index in [-0.39, 0.29) is 6.61 Å². The van der Waals surface area contributed by atoms with Crippen LogP contribution < -0.4 is 0 Å². The predicted molar refractivity (Wildman–Crippen MR) is 73.7 cm³/mol. The lowest BCUT2D eigenvalue weighted by molar-refractivity contribution is -0.0723. The molecule has 1 aliphatic heterocycles. The predicted octanol–water partition coefficient (Wildman–Crippen LogP) is 2.48. The fourth-order valence-corrected chi connectivity index (χ4v) is 2.37. The quantitative estimate of drug-likeness (QED) is 0.931. The molecule has 3 rings (SSSR count). The van der Waals surface area contributed by atoms with Gasteiger partial charge < -0.3 is 9.84 Å². The van der Waals surface area contributed by atoms with Crippen LogP contribution in [-0.2, 0) is 17.0 Å². The number of hydrogen-bond acceptors (Lipinski definition) is 3. The van der Waals surface area contributed by atoms with Gasteiger partial charge in [0.2, 0.25) is 5.72 Å². The number of nitrogens with zero attached hydrogens (tertiary/aromatic N) is 1. The van der Waals surface area contributed by atoms with Gasteiger partial charge in [0.05, 0.1) is 6.54 Å². The summed E-state index contributed by atoms with van der Waals surface area (Å²) in [4.78, 5) is 13.3. The summed E-state index contributed by atoms with van der Waals surface area (Å²) in [6, 6.07) is 18.7. The first kappa shape index (κ1) is 12.7. The second-order valence-corrected chi connectivity index (χ2v) is 4.81. The minimum Gasteiger partial charge on any atom is -0.444 e. The molecule has 0 radical (unpaired) electrons. The minimum absolute atomic E-state index is 0.0529. The monoisotopic (exact) mass is 269 g/mol. The Labute approximate surface area is 117 Å². The van der Waals surface area contributed by atoms with Crippen LogP contribution in [-0.4, -0.2) is 22.7 Å². The van der Waals surface area contributed by atoms with Gasteiger partial charge in [0, 0.05) is 5.56 Å². The van der Waals surface area contributed by atoms with Gasteiger partial charge in [-0.25, -0.2) is 4.79 Å². The lowest BCUT2D eigenvalue weighted by Gasteiger charge is -2.30. The zero-order valence-corrected chi connectivity index (χ0v) is 10.9. The molecule has 2 aromatic carbocycles. The van der Waals surface area contributed by atoms with Gasteiger partial charge in [0.1, 0.15) is 6.61 Å². The summed E-state index contributed by atoms with van der Waals surface area (Å²) in [6.07, 6.45) is -0.500. The van der Waals surface area contributed by atoms with Gasteiger partial charge in [-0.05, 0) is 5.56 Å². The van der Waals surface area contributed by atoms with Gasteiger partial charge in [-0.1, -0.05) is 60.7 Å². The van der Waals surface area contributed by atoms with Crippen LogP contribution in [0.4, 0.5) is 4.79 Å². The number of aliphatic hydroxyl groups is 1. The second-order valence-electron chi connectivity index (χ2n) is 4.81. The first-order chi connectivity index (χ1) is 9.70. The van der Waals surface area contributed by atoms with Crippen LogP contribution in [0.1, 0.15) is 11.1 Å². The molecule has 20 heavy (non-hydrogen) atoms. The molecule has 1 saturated heterocycles. The minimum atomic E-state index is -1.41. The van der Waals surface area contributed by atoms with Gasteiger partial charge in [0.15, 0.2) is 0 Å². The van der Waals surface area contributed by atoms with Crippen molar-refractivity contribution in [2.45, 2.75) is 12.3 Å². The molecule has 102 valence electrons. The fraction of sp³-hybridized carbons (Fsp3) is 0.188. The molecule has 1 aliphatic rings. The van der Waals surface area contributed by atoms with Crippen molar-refractivity contribution in [2.75, 3.05) is 6.61 Å². The number of ether oxygens (including phenoxy) is 1. The van der Waals surface area contributed by atoms with E-state index >= 15 is 0 Å². The number of hydrogen-bond donors (Lipinski definition) is 1. The van der Waals surface area contributed by atoms with Crippen molar-refractivity contribution in [2.24, 2.45) is 0 Å². The molecular weight excluding hydrogens is 254 g/mol. The SMILES string of the molecule is O=C1OCC(O)(c2ccccc2)N1Cc1ccccc1. The van der Waals surface area contributed by atoms with Gasteiger partial charge in [0.25, 0.3) is 0 Å². The summed E-state index contributed by atoms with van der Waals surface area (Å²) in [5.41, 5.74) is 0.191. The van der Waals surface area contributed by atoms with Crippen molar-refractivity contribution in [3.63, 3.8) is 0 Å². The lowest BCUT2D eigenvalue weighted by atomic mass is 10.0. The van der Waals surface area contributed by atoms with Crippen LogP contribution >= 0.6 is 0 Å². The van der Waals surface area contributed by atoms with Crippen molar-refractivity contribution in [1.29, 1.82) is 0 Å². The average Bonchev–Trinajstić information content (AvgIpc) is 2.79. The van der Waals surface area contributed by atoms with Gasteiger partial charge in [-0.2, -0.15) is 0 Å². The van der Waals surface area contributed by atoms with Gasteiger partial charge in [-0.15, -0.1) is 0 Å². The lowest BCUT2D eigenvalue weighted by Crippen LogP contribution is -2.44. The zero-order valence-electron chi connectivity index (χ0n) is 10.9. The first-order valence-electron chi connectivity index (χ1n) is 6.46. The Morgan fingerprint density at radius 2 is 1.65 bits per heavy atom. The van der Waals surface area contributed by atoms with E-state index in [1.807, 2.05) is 48.5 Å². The summed E-state index contributed by atoms with van der Waals surface area (Å²) in [5.74, 6) is 0. The highest BCUT2D eigenvalue weighted by Crippen LogP contribution is 2.33. The van der Waals surface area contributed by atoms with E-state index < -0.39 is 11.8 Å². The number of cyclic esters (lactones) is 1. The van der Waals surface area contributed by atoms with Gasteiger partial charge in [-0.3, -0.25) is 4.90 Å². The molecule has 1 amide bonds. The molecule has 0 aliphatic carbocycles. The van der Waals surface area contributed by atoms with Crippen LogP contribution in [0.5, 0.6) is 0 Å². The van der Waals surface area contributed by atoms with E-state index in [9.17, 15) is 9.90 Å². The molecule has 1 atom stereocenters. The molecule has 1 N–H and O–H groups in total. The highest BCUT2D eigenvalue weighted by molar-refractivity contribution is 5.71. The number of amides is 1. The molecule has 0 saturated carbocycles.